The van der Waals surface area contributed by atoms with Gasteiger partial charge >= 0.3 is 5.69 Å². The fraction of sp³-hybridized carbons (Fsp3) is 0.0667. The first-order valence-electron chi connectivity index (χ1n) is 6.69. The highest BCUT2D eigenvalue weighted by molar-refractivity contribution is 6.31. The molecule has 0 aliphatic carbocycles. The van der Waals surface area contributed by atoms with Gasteiger partial charge < -0.3 is 10.1 Å². The van der Waals surface area contributed by atoms with Crippen LogP contribution in [0.15, 0.2) is 36.7 Å². The second kappa shape index (κ2) is 6.25. The lowest BCUT2D eigenvalue weighted by Gasteiger charge is -2.10. The van der Waals surface area contributed by atoms with Gasteiger partial charge in [-0.25, -0.2) is 14.4 Å². The number of halogens is 2. The highest BCUT2D eigenvalue weighted by Crippen LogP contribution is 2.34. The number of benzene rings is 2. The number of hydrogen-bond acceptors (Lipinski definition) is 6. The summed E-state index contributed by atoms with van der Waals surface area (Å²) < 4.78 is 18.3. The van der Waals surface area contributed by atoms with Crippen LogP contribution >= 0.6 is 11.6 Å². The number of nitrogens with zero attached hydrogens (tertiary/aromatic N) is 3. The summed E-state index contributed by atoms with van der Waals surface area (Å²) in [5.74, 6) is -0.0644. The molecule has 24 heavy (non-hydrogen) atoms. The smallest absolute Gasteiger partial charge is 0.313 e. The first kappa shape index (κ1) is 15.9. The normalized spacial score (nSPS) is 10.6. The van der Waals surface area contributed by atoms with Crippen molar-refractivity contribution in [3.05, 3.63) is 57.6 Å². The van der Waals surface area contributed by atoms with Crippen molar-refractivity contribution in [3.8, 4) is 5.75 Å². The van der Waals surface area contributed by atoms with Crippen molar-refractivity contribution in [3.63, 3.8) is 0 Å². The Morgan fingerprint density at radius 3 is 2.75 bits per heavy atom. The molecule has 2 aromatic carbocycles. The fourth-order valence-corrected chi connectivity index (χ4v) is 2.37. The van der Waals surface area contributed by atoms with Gasteiger partial charge in [0, 0.05) is 23.2 Å². The number of anilines is 2. The Morgan fingerprint density at radius 1 is 1.29 bits per heavy atom. The van der Waals surface area contributed by atoms with E-state index in [1.807, 2.05) is 0 Å². The minimum Gasteiger partial charge on any atom is -0.490 e. The topological polar surface area (TPSA) is 90.2 Å². The molecule has 9 heteroatoms. The fourth-order valence-electron chi connectivity index (χ4n) is 2.19. The lowest BCUT2D eigenvalue weighted by Crippen LogP contribution is -1.99. The van der Waals surface area contributed by atoms with Crippen molar-refractivity contribution in [1.29, 1.82) is 0 Å². The maximum Gasteiger partial charge on any atom is 0.313 e. The summed E-state index contributed by atoms with van der Waals surface area (Å²) >= 11 is 5.76. The Labute approximate surface area is 140 Å². The lowest BCUT2D eigenvalue weighted by molar-refractivity contribution is -0.385. The largest absolute Gasteiger partial charge is 0.490 e. The minimum atomic E-state index is -0.548. The van der Waals surface area contributed by atoms with E-state index in [1.54, 1.807) is 0 Å². The summed E-state index contributed by atoms with van der Waals surface area (Å²) in [6.45, 7) is 0. The van der Waals surface area contributed by atoms with E-state index in [9.17, 15) is 14.5 Å². The van der Waals surface area contributed by atoms with Crippen LogP contribution in [0, 0.1) is 15.9 Å². The molecular weight excluding hydrogens is 339 g/mol. The lowest BCUT2D eigenvalue weighted by atomic mass is 10.2. The second-order valence-corrected chi connectivity index (χ2v) is 5.18. The summed E-state index contributed by atoms with van der Waals surface area (Å²) in [6.07, 6.45) is 1.27. The molecule has 0 aliphatic heterocycles. The Bertz CT molecular complexity index is 951. The summed E-state index contributed by atoms with van der Waals surface area (Å²) in [7, 11) is 1.34. The molecular formula is C15H10ClFN4O3. The van der Waals surface area contributed by atoms with E-state index >= 15 is 0 Å². The zero-order valence-electron chi connectivity index (χ0n) is 12.3. The van der Waals surface area contributed by atoms with Crippen LogP contribution < -0.4 is 10.1 Å². The highest BCUT2D eigenvalue weighted by atomic mass is 35.5. The zero-order chi connectivity index (χ0) is 17.3. The van der Waals surface area contributed by atoms with Gasteiger partial charge in [-0.2, -0.15) is 0 Å². The standard InChI is InChI=1S/C15H10ClFN4O3/c1-24-14-5-9-12(6-13(14)21(22)23)18-7-19-15(9)20-8-2-3-11(17)10(16)4-8/h2-7H,1H3,(H,18,19,20). The first-order valence-corrected chi connectivity index (χ1v) is 7.06. The van der Waals surface area contributed by atoms with Crippen molar-refractivity contribution in [1.82, 2.24) is 9.97 Å². The van der Waals surface area contributed by atoms with Gasteiger partial charge in [0.15, 0.2) is 5.75 Å². The van der Waals surface area contributed by atoms with Crippen LogP contribution in [0.4, 0.5) is 21.6 Å². The number of rotatable bonds is 4. The minimum absolute atomic E-state index is 0.0356. The summed E-state index contributed by atoms with van der Waals surface area (Å²) in [4.78, 5) is 18.7. The highest BCUT2D eigenvalue weighted by Gasteiger charge is 2.18. The van der Waals surface area contributed by atoms with E-state index in [1.165, 1.54) is 43.8 Å². The Morgan fingerprint density at radius 2 is 2.08 bits per heavy atom. The predicted molar refractivity (Wildman–Crippen MR) is 87.4 cm³/mol. The molecule has 0 atom stereocenters. The van der Waals surface area contributed by atoms with Gasteiger partial charge in [0.1, 0.15) is 18.0 Å². The molecule has 0 bridgehead atoms. The number of ether oxygens (including phenoxy) is 1. The van der Waals surface area contributed by atoms with E-state index in [0.29, 0.717) is 22.4 Å². The molecule has 0 saturated carbocycles. The molecule has 0 amide bonds. The van der Waals surface area contributed by atoms with Crippen LogP contribution in [0.1, 0.15) is 0 Å². The maximum atomic E-state index is 13.2. The van der Waals surface area contributed by atoms with E-state index in [4.69, 9.17) is 16.3 Å². The summed E-state index contributed by atoms with van der Waals surface area (Å²) in [5, 5.41) is 14.6. The monoisotopic (exact) mass is 348 g/mol. The number of fused-ring (bicyclic) bond motifs is 1. The summed E-state index contributed by atoms with van der Waals surface area (Å²) in [5.41, 5.74) is 0.686. The Balaban J connectivity index is 2.11. The maximum absolute atomic E-state index is 13.2. The van der Waals surface area contributed by atoms with E-state index in [0.717, 1.165) is 0 Å². The van der Waals surface area contributed by atoms with Gasteiger partial charge in [-0.05, 0) is 18.2 Å². The molecule has 3 aromatic rings. The molecule has 1 aromatic heterocycles. The number of aromatic nitrogens is 2. The molecule has 0 unspecified atom stereocenters. The number of nitro benzene ring substituents is 1. The Kier molecular flexibility index (Phi) is 4.13. The van der Waals surface area contributed by atoms with Gasteiger partial charge in [0.05, 0.1) is 22.6 Å². The zero-order valence-corrected chi connectivity index (χ0v) is 13.0. The van der Waals surface area contributed by atoms with Crippen LogP contribution in [0.2, 0.25) is 5.02 Å². The molecule has 0 spiro atoms. The molecule has 1 heterocycles. The molecule has 1 N–H and O–H groups in total. The molecule has 0 fully saturated rings. The average molecular weight is 349 g/mol. The van der Waals surface area contributed by atoms with Crippen molar-refractivity contribution in [2.24, 2.45) is 0 Å². The number of methoxy groups -OCH3 is 1. The van der Waals surface area contributed by atoms with Gasteiger partial charge in [-0.1, -0.05) is 11.6 Å². The molecule has 7 nitrogen and oxygen atoms in total. The summed E-state index contributed by atoms with van der Waals surface area (Å²) in [6, 6.07) is 6.91. The van der Waals surface area contributed by atoms with E-state index in [-0.39, 0.29) is 16.5 Å². The third kappa shape index (κ3) is 2.91. The molecule has 0 saturated heterocycles. The van der Waals surface area contributed by atoms with Crippen LogP contribution in [0.5, 0.6) is 5.75 Å². The van der Waals surface area contributed by atoms with Crippen LogP contribution in [-0.2, 0) is 0 Å². The second-order valence-electron chi connectivity index (χ2n) is 4.77. The quantitative estimate of drug-likeness (QED) is 0.564. The van der Waals surface area contributed by atoms with Gasteiger partial charge in [0.2, 0.25) is 0 Å². The molecule has 122 valence electrons. The predicted octanol–water partition coefficient (Wildman–Crippen LogP) is 4.08. The molecule has 0 radical (unpaired) electrons. The average Bonchev–Trinajstić information content (AvgIpc) is 2.57. The van der Waals surface area contributed by atoms with Gasteiger partial charge in [0.25, 0.3) is 0 Å². The van der Waals surface area contributed by atoms with Gasteiger partial charge in [-0.3, -0.25) is 10.1 Å². The van der Waals surface area contributed by atoms with Crippen LogP contribution in [0.25, 0.3) is 10.9 Å². The van der Waals surface area contributed by atoms with Crippen LogP contribution in [-0.4, -0.2) is 22.0 Å². The van der Waals surface area contributed by atoms with Crippen molar-refractivity contribution in [2.75, 3.05) is 12.4 Å². The van der Waals surface area contributed by atoms with Gasteiger partial charge in [-0.15, -0.1) is 0 Å². The third-order valence-corrected chi connectivity index (χ3v) is 3.60. The van der Waals surface area contributed by atoms with Crippen molar-refractivity contribution >= 4 is 39.7 Å². The third-order valence-electron chi connectivity index (χ3n) is 3.31. The number of nitro groups is 1. The van der Waals surface area contributed by atoms with Crippen LogP contribution in [0.3, 0.4) is 0 Å². The van der Waals surface area contributed by atoms with Crippen molar-refractivity contribution < 1.29 is 14.1 Å². The number of hydrogen-bond donors (Lipinski definition) is 1. The van der Waals surface area contributed by atoms with Crippen molar-refractivity contribution in [2.45, 2.75) is 0 Å². The first-order chi connectivity index (χ1) is 11.5. The number of nitrogens with one attached hydrogen (secondary N) is 1. The van der Waals surface area contributed by atoms with E-state index in [2.05, 4.69) is 15.3 Å². The molecule has 3 rings (SSSR count). The SMILES string of the molecule is COc1cc2c(Nc3ccc(F)c(Cl)c3)ncnc2cc1[N+](=O)[O-]. The Hall–Kier alpha value is -3.00. The molecule has 0 aliphatic rings. The van der Waals surface area contributed by atoms with E-state index < -0.39 is 10.7 Å².